The third-order valence-corrected chi connectivity index (χ3v) is 4.47. The van der Waals surface area contributed by atoms with Gasteiger partial charge in [0, 0.05) is 17.3 Å². The molecule has 0 atom stereocenters. The molecule has 0 spiro atoms. The number of aromatic nitrogens is 1. The molecule has 0 saturated heterocycles. The Labute approximate surface area is 150 Å². The Morgan fingerprint density at radius 1 is 1.32 bits per heavy atom. The van der Waals surface area contributed by atoms with Gasteiger partial charge in [0.15, 0.2) is 0 Å². The fourth-order valence-electron chi connectivity index (χ4n) is 3.07. The van der Waals surface area contributed by atoms with Gasteiger partial charge in [-0.2, -0.15) is 0 Å². The first kappa shape index (κ1) is 18.9. The monoisotopic (exact) mass is 336 g/mol. The van der Waals surface area contributed by atoms with Crippen LogP contribution in [-0.4, -0.2) is 24.3 Å². The van der Waals surface area contributed by atoms with Crippen molar-refractivity contribution in [2.45, 2.75) is 25.7 Å². The van der Waals surface area contributed by atoms with Gasteiger partial charge in [-0.25, -0.2) is 4.98 Å². The summed E-state index contributed by atoms with van der Waals surface area (Å²) in [6, 6.07) is 11.3. The maximum atomic E-state index is 8.13. The fourth-order valence-corrected chi connectivity index (χ4v) is 3.07. The number of nitrogen functional groups attached to an aromatic ring is 1. The van der Waals surface area contributed by atoms with Crippen molar-refractivity contribution >= 4 is 17.6 Å². The number of hydrogen-bond acceptors (Lipinski definition) is 4. The molecule has 1 aliphatic carbocycles. The van der Waals surface area contributed by atoms with Crippen molar-refractivity contribution in [3.8, 4) is 0 Å². The van der Waals surface area contributed by atoms with Crippen molar-refractivity contribution in [3.63, 3.8) is 0 Å². The first-order valence-corrected chi connectivity index (χ1v) is 8.82. The molecule has 0 unspecified atom stereocenters. The minimum atomic E-state index is 0.365. The molecule has 4 N–H and O–H groups in total. The van der Waals surface area contributed by atoms with Crippen molar-refractivity contribution in [3.05, 3.63) is 65.9 Å². The van der Waals surface area contributed by atoms with Crippen LogP contribution in [0, 0.1) is 11.3 Å². The van der Waals surface area contributed by atoms with E-state index in [1.807, 2.05) is 43.4 Å². The molecule has 132 valence electrons. The Morgan fingerprint density at radius 2 is 2.00 bits per heavy atom. The summed E-state index contributed by atoms with van der Waals surface area (Å²) in [5, 5.41) is 11.3. The molecule has 3 rings (SSSR count). The summed E-state index contributed by atoms with van der Waals surface area (Å²) in [6.45, 7) is 4.92. The Bertz CT molecular complexity index is 688. The van der Waals surface area contributed by atoms with Crippen LogP contribution in [0.4, 0.5) is 5.82 Å². The van der Waals surface area contributed by atoms with Crippen molar-refractivity contribution in [1.29, 1.82) is 5.41 Å². The van der Waals surface area contributed by atoms with Crippen LogP contribution in [0.25, 0.3) is 6.08 Å². The topological polar surface area (TPSA) is 74.8 Å². The molecule has 1 saturated carbocycles. The van der Waals surface area contributed by atoms with E-state index in [0.29, 0.717) is 17.1 Å². The predicted molar refractivity (Wildman–Crippen MR) is 107 cm³/mol. The number of nitrogens with one attached hydrogen (secondary N) is 2. The standard InChI is InChI=1S/C14H13N3.C7H15N/c1-2-10-8-12(14(16)17-9-10)13(15)11-6-4-3-5-7-11;1-8-6-7-4-2-3-5-7/h2-9,15H,1H2,(H2,16,17);7-8H,2-6H2,1H3. The number of nitrogens with zero attached hydrogens (tertiary/aromatic N) is 1. The second-order valence-electron chi connectivity index (χ2n) is 6.35. The lowest BCUT2D eigenvalue weighted by atomic mass is 10.0. The molecule has 1 heterocycles. The van der Waals surface area contributed by atoms with Crippen molar-refractivity contribution < 1.29 is 0 Å². The zero-order valence-electron chi connectivity index (χ0n) is 15.0. The van der Waals surface area contributed by atoms with Crippen LogP contribution in [0.2, 0.25) is 0 Å². The summed E-state index contributed by atoms with van der Waals surface area (Å²) >= 11 is 0. The van der Waals surface area contributed by atoms with Gasteiger partial charge in [0.25, 0.3) is 0 Å². The molecule has 0 aliphatic heterocycles. The van der Waals surface area contributed by atoms with Gasteiger partial charge in [-0.05, 0) is 44.0 Å². The van der Waals surface area contributed by atoms with Crippen molar-refractivity contribution in [2.24, 2.45) is 5.92 Å². The zero-order valence-corrected chi connectivity index (χ0v) is 15.0. The van der Waals surface area contributed by atoms with Gasteiger partial charge in [0.2, 0.25) is 0 Å². The number of nitrogens with two attached hydrogens (primary N) is 1. The second kappa shape index (κ2) is 9.74. The summed E-state index contributed by atoms with van der Waals surface area (Å²) < 4.78 is 0. The second-order valence-corrected chi connectivity index (χ2v) is 6.35. The molecular weight excluding hydrogens is 308 g/mol. The lowest BCUT2D eigenvalue weighted by Crippen LogP contribution is -2.15. The normalized spacial score (nSPS) is 13.8. The van der Waals surface area contributed by atoms with Crippen LogP contribution in [0.15, 0.2) is 49.2 Å². The SMILES string of the molecule is C=Cc1cnc(N)c(C(=N)c2ccccc2)c1.CNCC1CCCC1. The van der Waals surface area contributed by atoms with E-state index in [2.05, 4.69) is 16.9 Å². The molecule has 0 amide bonds. The quantitative estimate of drug-likeness (QED) is 0.719. The molecule has 1 aromatic heterocycles. The molecule has 1 aromatic carbocycles. The number of pyridine rings is 1. The summed E-state index contributed by atoms with van der Waals surface area (Å²) in [7, 11) is 2.04. The van der Waals surface area contributed by atoms with Crippen LogP contribution < -0.4 is 11.1 Å². The Morgan fingerprint density at radius 3 is 2.60 bits per heavy atom. The highest BCUT2D eigenvalue weighted by molar-refractivity contribution is 6.13. The highest BCUT2D eigenvalue weighted by Crippen LogP contribution is 2.23. The van der Waals surface area contributed by atoms with E-state index in [1.165, 1.54) is 32.2 Å². The Hall–Kier alpha value is -2.46. The van der Waals surface area contributed by atoms with E-state index < -0.39 is 0 Å². The van der Waals surface area contributed by atoms with E-state index in [1.54, 1.807) is 12.3 Å². The van der Waals surface area contributed by atoms with Gasteiger partial charge in [-0.15, -0.1) is 0 Å². The number of benzene rings is 1. The van der Waals surface area contributed by atoms with Gasteiger partial charge in [0.05, 0.1) is 5.71 Å². The average molecular weight is 336 g/mol. The first-order valence-electron chi connectivity index (χ1n) is 8.82. The van der Waals surface area contributed by atoms with Crippen LogP contribution in [0.1, 0.15) is 42.4 Å². The predicted octanol–water partition coefficient (Wildman–Crippen LogP) is 4.12. The van der Waals surface area contributed by atoms with E-state index in [-0.39, 0.29) is 0 Å². The number of rotatable bonds is 5. The van der Waals surface area contributed by atoms with Crippen molar-refractivity contribution in [1.82, 2.24) is 10.3 Å². The molecule has 4 nitrogen and oxygen atoms in total. The van der Waals surface area contributed by atoms with Gasteiger partial charge < -0.3 is 11.1 Å². The van der Waals surface area contributed by atoms with Gasteiger partial charge >= 0.3 is 0 Å². The highest BCUT2D eigenvalue weighted by Gasteiger charge is 2.12. The molecule has 25 heavy (non-hydrogen) atoms. The van der Waals surface area contributed by atoms with Crippen LogP contribution in [0.3, 0.4) is 0 Å². The molecule has 1 fully saturated rings. The Balaban J connectivity index is 0.000000236. The number of anilines is 1. The fraction of sp³-hybridized carbons (Fsp3) is 0.333. The van der Waals surface area contributed by atoms with Crippen molar-refractivity contribution in [2.75, 3.05) is 19.3 Å². The highest BCUT2D eigenvalue weighted by atomic mass is 14.8. The maximum absolute atomic E-state index is 8.13. The summed E-state index contributed by atoms with van der Waals surface area (Å²) in [5.41, 5.74) is 8.48. The van der Waals surface area contributed by atoms with Crippen LogP contribution in [-0.2, 0) is 0 Å². The molecular formula is C21H28N4. The molecule has 1 aliphatic rings. The molecule has 0 radical (unpaired) electrons. The van der Waals surface area contributed by atoms with Crippen LogP contribution >= 0.6 is 0 Å². The van der Waals surface area contributed by atoms with E-state index >= 15 is 0 Å². The molecule has 0 bridgehead atoms. The summed E-state index contributed by atoms with van der Waals surface area (Å²) in [6.07, 6.45) is 9.18. The third-order valence-electron chi connectivity index (χ3n) is 4.47. The van der Waals surface area contributed by atoms with Gasteiger partial charge in [-0.3, -0.25) is 5.41 Å². The minimum absolute atomic E-state index is 0.365. The smallest absolute Gasteiger partial charge is 0.132 e. The summed E-state index contributed by atoms with van der Waals surface area (Å²) in [4.78, 5) is 4.06. The summed E-state index contributed by atoms with van der Waals surface area (Å²) in [5.74, 6) is 1.37. The Kier molecular flexibility index (Phi) is 7.36. The van der Waals surface area contributed by atoms with Gasteiger partial charge in [-0.1, -0.05) is 55.8 Å². The zero-order chi connectivity index (χ0) is 18.1. The van der Waals surface area contributed by atoms with E-state index in [4.69, 9.17) is 11.1 Å². The maximum Gasteiger partial charge on any atom is 0.132 e. The number of hydrogen-bond donors (Lipinski definition) is 3. The average Bonchev–Trinajstić information content (AvgIpc) is 3.16. The largest absolute Gasteiger partial charge is 0.383 e. The minimum Gasteiger partial charge on any atom is -0.383 e. The van der Waals surface area contributed by atoms with Crippen LogP contribution in [0.5, 0.6) is 0 Å². The lowest BCUT2D eigenvalue weighted by Gasteiger charge is -2.07. The van der Waals surface area contributed by atoms with E-state index in [9.17, 15) is 0 Å². The molecule has 2 aromatic rings. The lowest BCUT2D eigenvalue weighted by molar-refractivity contribution is 0.516. The van der Waals surface area contributed by atoms with Gasteiger partial charge in [0.1, 0.15) is 5.82 Å². The third kappa shape index (κ3) is 5.54. The first-order chi connectivity index (χ1) is 12.2. The molecule has 4 heteroatoms. The van der Waals surface area contributed by atoms with E-state index in [0.717, 1.165) is 17.0 Å².